The number of hydrogen-bond acceptors (Lipinski definition) is 5. The van der Waals surface area contributed by atoms with Gasteiger partial charge in [-0.05, 0) is 43.4 Å². The van der Waals surface area contributed by atoms with E-state index in [9.17, 15) is 10.1 Å². The molecule has 1 aromatic rings. The maximum atomic E-state index is 12.6. The Kier molecular flexibility index (Phi) is 10.2. The van der Waals surface area contributed by atoms with E-state index in [0.29, 0.717) is 5.75 Å². The second kappa shape index (κ2) is 12.6. The third-order valence-corrected chi connectivity index (χ3v) is 5.38. The number of carbonyl (C=O) groups excluding carboxylic acids is 1. The van der Waals surface area contributed by atoms with Gasteiger partial charge in [0.25, 0.3) is 0 Å². The molecule has 0 saturated carbocycles. The first-order valence-corrected chi connectivity index (χ1v) is 11.1. The molecule has 5 heteroatoms. The monoisotopic (exact) mass is 401 g/mol. The van der Waals surface area contributed by atoms with Crippen LogP contribution in [0.5, 0.6) is 5.75 Å². The van der Waals surface area contributed by atoms with E-state index in [1.807, 2.05) is 12.1 Å². The zero-order valence-corrected chi connectivity index (χ0v) is 18.0. The molecule has 0 aliphatic carbocycles. The van der Waals surface area contributed by atoms with Crippen molar-refractivity contribution in [1.82, 2.24) is 0 Å². The first kappa shape index (κ1) is 23.4. The van der Waals surface area contributed by atoms with E-state index in [2.05, 4.69) is 19.9 Å². The summed E-state index contributed by atoms with van der Waals surface area (Å²) in [6, 6.07) is 9.62. The molecule has 0 radical (unpaired) electrons. The summed E-state index contributed by atoms with van der Waals surface area (Å²) in [6.07, 6.45) is 11.0. The van der Waals surface area contributed by atoms with Gasteiger partial charge in [0.2, 0.25) is 5.41 Å². The van der Waals surface area contributed by atoms with Crippen LogP contribution >= 0.6 is 0 Å². The summed E-state index contributed by atoms with van der Waals surface area (Å²) in [5.41, 5.74) is -0.172. The van der Waals surface area contributed by atoms with Crippen LogP contribution in [0, 0.1) is 16.7 Å². The van der Waals surface area contributed by atoms with E-state index < -0.39 is 11.4 Å². The first-order valence-electron chi connectivity index (χ1n) is 11.1. The lowest BCUT2D eigenvalue weighted by atomic mass is 9.91. The van der Waals surface area contributed by atoms with E-state index in [0.717, 1.165) is 32.1 Å². The summed E-state index contributed by atoms with van der Waals surface area (Å²) in [6.45, 7) is 4.37. The lowest BCUT2D eigenvalue weighted by Gasteiger charge is -2.33. The van der Waals surface area contributed by atoms with Gasteiger partial charge >= 0.3 is 5.97 Å². The number of nitrogens with zero attached hydrogens (tertiary/aromatic N) is 1. The van der Waals surface area contributed by atoms with Gasteiger partial charge in [0.1, 0.15) is 5.75 Å². The summed E-state index contributed by atoms with van der Waals surface area (Å²) < 4.78 is 16.7. The molecule has 1 aliphatic rings. The molecule has 0 bridgehead atoms. The highest BCUT2D eigenvalue weighted by atomic mass is 16.7. The van der Waals surface area contributed by atoms with Crippen molar-refractivity contribution in [3.63, 3.8) is 0 Å². The molecule has 2 rings (SSSR count). The smallest absolute Gasteiger partial charge is 0.336 e. The Morgan fingerprint density at radius 1 is 1.03 bits per heavy atom. The van der Waals surface area contributed by atoms with Crippen molar-refractivity contribution in [3.05, 3.63) is 29.8 Å². The Morgan fingerprint density at radius 2 is 1.66 bits per heavy atom. The highest BCUT2D eigenvalue weighted by molar-refractivity contribution is 5.82. The lowest BCUT2D eigenvalue weighted by Crippen LogP contribution is -2.48. The van der Waals surface area contributed by atoms with Crippen LogP contribution in [0.3, 0.4) is 0 Å². The first-order chi connectivity index (χ1) is 14.1. The van der Waals surface area contributed by atoms with Gasteiger partial charge in [0.15, 0.2) is 6.29 Å². The van der Waals surface area contributed by atoms with Crippen LogP contribution in [-0.4, -0.2) is 25.5 Å². The molecule has 0 amide bonds. The van der Waals surface area contributed by atoms with Gasteiger partial charge in [-0.1, -0.05) is 64.5 Å². The van der Waals surface area contributed by atoms with Crippen LogP contribution in [0.15, 0.2) is 24.3 Å². The number of unbranched alkanes of at least 4 members (excludes halogenated alkanes) is 6. The number of benzene rings is 1. The Hall–Kier alpha value is -1.90. The predicted octanol–water partition coefficient (Wildman–Crippen LogP) is 5.57. The number of ether oxygens (including phenoxy) is 3. The van der Waals surface area contributed by atoms with Gasteiger partial charge in [0, 0.05) is 0 Å². The molecule has 1 aromatic carbocycles. The predicted molar refractivity (Wildman–Crippen MR) is 112 cm³/mol. The van der Waals surface area contributed by atoms with Crippen LogP contribution in [0.2, 0.25) is 0 Å². The van der Waals surface area contributed by atoms with Gasteiger partial charge in [-0.2, -0.15) is 5.26 Å². The van der Waals surface area contributed by atoms with Crippen LogP contribution in [0.25, 0.3) is 0 Å². The van der Waals surface area contributed by atoms with Crippen molar-refractivity contribution in [3.8, 4) is 11.8 Å². The summed E-state index contributed by atoms with van der Waals surface area (Å²) in [5.74, 6) is -0.163. The van der Waals surface area contributed by atoms with Gasteiger partial charge in [-0.3, -0.25) is 0 Å². The topological polar surface area (TPSA) is 68.6 Å². The van der Waals surface area contributed by atoms with Crippen LogP contribution < -0.4 is 4.74 Å². The Bertz CT molecular complexity index is 642. The summed E-state index contributed by atoms with van der Waals surface area (Å²) in [4.78, 5) is 12.6. The van der Waals surface area contributed by atoms with Gasteiger partial charge in [-0.15, -0.1) is 0 Å². The molecule has 0 atom stereocenters. The summed E-state index contributed by atoms with van der Waals surface area (Å²) in [5, 5.41) is 9.58. The van der Waals surface area contributed by atoms with E-state index in [1.165, 1.54) is 37.7 Å². The molecule has 0 spiro atoms. The van der Waals surface area contributed by atoms with E-state index in [-0.39, 0.29) is 19.5 Å². The fraction of sp³-hybridized carbons (Fsp3) is 0.667. The number of aryl methyl sites for hydroxylation is 1. The minimum atomic E-state index is -1.40. The molecule has 1 saturated heterocycles. The van der Waals surface area contributed by atoms with Gasteiger partial charge < -0.3 is 14.2 Å². The van der Waals surface area contributed by atoms with Crippen molar-refractivity contribution in [1.29, 1.82) is 5.26 Å². The second-order valence-electron chi connectivity index (χ2n) is 7.94. The molecule has 0 unspecified atom stereocenters. The maximum absolute atomic E-state index is 12.6. The average molecular weight is 402 g/mol. The van der Waals surface area contributed by atoms with Crippen molar-refractivity contribution in [2.24, 2.45) is 5.41 Å². The Morgan fingerprint density at radius 3 is 2.28 bits per heavy atom. The van der Waals surface area contributed by atoms with Crippen molar-refractivity contribution in [2.75, 3.05) is 13.2 Å². The van der Waals surface area contributed by atoms with Crippen molar-refractivity contribution >= 4 is 5.97 Å². The fourth-order valence-corrected chi connectivity index (χ4v) is 3.38. The molecule has 5 nitrogen and oxygen atoms in total. The normalized spacial score (nSPS) is 21.5. The molecule has 1 aliphatic heterocycles. The Balaban J connectivity index is 1.81. The Labute approximate surface area is 175 Å². The quantitative estimate of drug-likeness (QED) is 0.260. The number of nitriles is 1. The minimum Gasteiger partial charge on any atom is -0.425 e. The van der Waals surface area contributed by atoms with E-state index >= 15 is 0 Å². The van der Waals surface area contributed by atoms with E-state index in [4.69, 9.17) is 14.2 Å². The van der Waals surface area contributed by atoms with Crippen LogP contribution in [0.4, 0.5) is 0 Å². The third kappa shape index (κ3) is 7.45. The zero-order chi connectivity index (χ0) is 21.0. The number of carbonyl (C=O) groups is 1. The maximum Gasteiger partial charge on any atom is 0.336 e. The summed E-state index contributed by atoms with van der Waals surface area (Å²) >= 11 is 0. The van der Waals surface area contributed by atoms with Crippen LogP contribution in [0.1, 0.15) is 77.2 Å². The number of hydrogen-bond donors (Lipinski definition) is 0. The molecule has 0 aromatic heterocycles. The SMILES string of the molecule is CCCCCCCc1ccc(OC(=O)[C@]2(C#N)CO[C@H](CCCCC)OC2)cc1. The average Bonchev–Trinajstić information content (AvgIpc) is 2.75. The van der Waals surface area contributed by atoms with Gasteiger partial charge in [0.05, 0.1) is 19.3 Å². The van der Waals surface area contributed by atoms with Gasteiger partial charge in [-0.25, -0.2) is 4.79 Å². The minimum absolute atomic E-state index is 0.00890. The lowest BCUT2D eigenvalue weighted by molar-refractivity contribution is -0.223. The zero-order valence-electron chi connectivity index (χ0n) is 18.0. The third-order valence-electron chi connectivity index (χ3n) is 5.38. The standard InChI is InChI=1S/C24H35NO4/c1-3-5-7-8-10-11-20-13-15-21(16-14-20)29-23(26)24(17-25)18-27-22(28-19-24)12-9-6-4-2/h13-16,22H,3-12,18-19H2,1-2H3/t22-,24+. The number of rotatable bonds is 12. The highest BCUT2D eigenvalue weighted by Gasteiger charge is 2.46. The molecule has 1 heterocycles. The molecule has 0 N–H and O–H groups in total. The molecule has 160 valence electrons. The number of esters is 1. The molecule has 1 fully saturated rings. The molecule has 29 heavy (non-hydrogen) atoms. The van der Waals surface area contributed by atoms with Crippen molar-refractivity contribution < 1.29 is 19.0 Å². The molecular formula is C24H35NO4. The van der Waals surface area contributed by atoms with Crippen molar-refractivity contribution in [2.45, 2.75) is 84.3 Å². The highest BCUT2D eigenvalue weighted by Crippen LogP contribution is 2.28. The molecular weight excluding hydrogens is 366 g/mol. The van der Waals surface area contributed by atoms with E-state index in [1.54, 1.807) is 12.1 Å². The summed E-state index contributed by atoms with van der Waals surface area (Å²) in [7, 11) is 0. The second-order valence-corrected chi connectivity index (χ2v) is 7.94. The largest absolute Gasteiger partial charge is 0.425 e. The fourth-order valence-electron chi connectivity index (χ4n) is 3.38. The van der Waals surface area contributed by atoms with Crippen LogP contribution in [-0.2, 0) is 20.7 Å².